The fourth-order valence-corrected chi connectivity index (χ4v) is 4.22. The van der Waals surface area contributed by atoms with Crippen LogP contribution in [0.1, 0.15) is 11.1 Å². The van der Waals surface area contributed by atoms with Crippen molar-refractivity contribution in [2.45, 2.75) is 12.2 Å². The monoisotopic (exact) mass is 398 g/mol. The van der Waals surface area contributed by atoms with Crippen molar-refractivity contribution in [1.82, 2.24) is 4.72 Å². The Morgan fingerprint density at radius 2 is 1.84 bits per heavy atom. The molecule has 0 spiro atoms. The van der Waals surface area contributed by atoms with Gasteiger partial charge in [-0.2, -0.15) is 0 Å². The minimum Gasteiger partial charge on any atom is -0.311 e. The standard InChI is InChI=1S/C17H16Cl2N2O3S/c18-14-6-5-12(9-15(14)19)11-25(23,24)20-7-8-21-16-4-2-1-3-13(16)10-17(21)22/h1-6,9,20H,7-8,10-11H2. The Balaban J connectivity index is 1.59. The van der Waals surface area contributed by atoms with E-state index in [4.69, 9.17) is 23.2 Å². The molecule has 25 heavy (non-hydrogen) atoms. The lowest BCUT2D eigenvalue weighted by molar-refractivity contribution is -0.117. The van der Waals surface area contributed by atoms with E-state index >= 15 is 0 Å². The van der Waals surface area contributed by atoms with Gasteiger partial charge in [0.15, 0.2) is 0 Å². The lowest BCUT2D eigenvalue weighted by Gasteiger charge is -2.17. The van der Waals surface area contributed by atoms with Crippen LogP contribution in [0.4, 0.5) is 5.69 Å². The number of nitrogens with one attached hydrogen (secondary N) is 1. The molecule has 1 N–H and O–H groups in total. The molecule has 0 unspecified atom stereocenters. The molecular weight excluding hydrogens is 383 g/mol. The highest BCUT2D eigenvalue weighted by molar-refractivity contribution is 7.88. The second-order valence-electron chi connectivity index (χ2n) is 5.75. The summed E-state index contributed by atoms with van der Waals surface area (Å²) in [6.45, 7) is 0.431. The van der Waals surface area contributed by atoms with E-state index in [1.54, 1.807) is 17.0 Å². The van der Waals surface area contributed by atoms with E-state index < -0.39 is 10.0 Å². The quantitative estimate of drug-likeness (QED) is 0.812. The maximum Gasteiger partial charge on any atom is 0.231 e. The fraction of sp³-hybridized carbons (Fsp3) is 0.235. The van der Waals surface area contributed by atoms with Crippen molar-refractivity contribution >= 4 is 44.8 Å². The molecule has 0 aliphatic carbocycles. The van der Waals surface area contributed by atoms with Gasteiger partial charge in [0, 0.05) is 18.8 Å². The zero-order valence-corrected chi connectivity index (χ0v) is 15.5. The van der Waals surface area contributed by atoms with Crippen molar-refractivity contribution in [3.05, 3.63) is 63.6 Å². The van der Waals surface area contributed by atoms with Crippen molar-refractivity contribution in [1.29, 1.82) is 0 Å². The van der Waals surface area contributed by atoms with Gasteiger partial charge in [0.05, 0.1) is 22.2 Å². The van der Waals surface area contributed by atoms with E-state index in [0.29, 0.717) is 22.0 Å². The molecule has 0 saturated heterocycles. The molecule has 0 fully saturated rings. The normalized spacial score (nSPS) is 14.0. The molecule has 3 rings (SSSR count). The smallest absolute Gasteiger partial charge is 0.231 e. The summed E-state index contributed by atoms with van der Waals surface area (Å²) >= 11 is 11.7. The molecule has 2 aromatic rings. The molecule has 5 nitrogen and oxygen atoms in total. The molecule has 1 amide bonds. The average molecular weight is 399 g/mol. The SMILES string of the molecule is O=C1Cc2ccccc2N1CCNS(=O)(=O)Cc1ccc(Cl)c(Cl)c1. The molecule has 0 saturated carbocycles. The van der Waals surface area contributed by atoms with E-state index in [2.05, 4.69) is 4.72 Å². The van der Waals surface area contributed by atoms with Crippen molar-refractivity contribution in [3.8, 4) is 0 Å². The van der Waals surface area contributed by atoms with Gasteiger partial charge in [-0.15, -0.1) is 0 Å². The van der Waals surface area contributed by atoms with Gasteiger partial charge in [-0.3, -0.25) is 4.79 Å². The molecule has 8 heteroatoms. The van der Waals surface area contributed by atoms with Crippen molar-refractivity contribution in [2.24, 2.45) is 0 Å². The number of carbonyl (C=O) groups is 1. The number of hydrogen-bond donors (Lipinski definition) is 1. The predicted octanol–water partition coefficient (Wildman–Crippen LogP) is 3.00. The highest BCUT2D eigenvalue weighted by Gasteiger charge is 2.26. The zero-order valence-electron chi connectivity index (χ0n) is 13.2. The van der Waals surface area contributed by atoms with E-state index in [9.17, 15) is 13.2 Å². The molecule has 1 aliphatic heterocycles. The summed E-state index contributed by atoms with van der Waals surface area (Å²) in [5.41, 5.74) is 2.35. The van der Waals surface area contributed by atoms with Crippen LogP contribution in [0.5, 0.6) is 0 Å². The number of amides is 1. The number of benzene rings is 2. The van der Waals surface area contributed by atoms with Gasteiger partial charge < -0.3 is 4.90 Å². The maximum atomic E-state index is 12.2. The number of rotatable bonds is 6. The Hall–Kier alpha value is -1.60. The van der Waals surface area contributed by atoms with E-state index in [-0.39, 0.29) is 24.7 Å². The van der Waals surface area contributed by atoms with Gasteiger partial charge in [-0.05, 0) is 29.3 Å². The Kier molecular flexibility index (Phi) is 5.34. The van der Waals surface area contributed by atoms with Crippen molar-refractivity contribution in [3.63, 3.8) is 0 Å². The summed E-state index contributed by atoms with van der Waals surface area (Å²) in [4.78, 5) is 13.7. The number of hydrogen-bond acceptors (Lipinski definition) is 3. The first-order chi connectivity index (χ1) is 11.9. The van der Waals surface area contributed by atoms with Crippen LogP contribution in [0.2, 0.25) is 10.0 Å². The van der Waals surface area contributed by atoms with Gasteiger partial charge in [0.25, 0.3) is 0 Å². The maximum absolute atomic E-state index is 12.2. The molecule has 0 bridgehead atoms. The second kappa shape index (κ2) is 7.33. The number of fused-ring (bicyclic) bond motifs is 1. The molecular formula is C17H16Cl2N2O3S. The van der Waals surface area contributed by atoms with E-state index in [1.807, 2.05) is 24.3 Å². The van der Waals surface area contributed by atoms with Crippen molar-refractivity contribution in [2.75, 3.05) is 18.0 Å². The lowest BCUT2D eigenvalue weighted by atomic mass is 10.2. The van der Waals surface area contributed by atoms with Crippen LogP contribution in [0.25, 0.3) is 0 Å². The van der Waals surface area contributed by atoms with Crippen LogP contribution in [0.15, 0.2) is 42.5 Å². The first-order valence-electron chi connectivity index (χ1n) is 7.65. The van der Waals surface area contributed by atoms with Crippen LogP contribution in [0, 0.1) is 0 Å². The van der Waals surface area contributed by atoms with Crippen LogP contribution in [-0.2, 0) is 27.0 Å². The van der Waals surface area contributed by atoms with Crippen LogP contribution in [0.3, 0.4) is 0 Å². The first-order valence-corrected chi connectivity index (χ1v) is 10.1. The van der Waals surface area contributed by atoms with Crippen LogP contribution < -0.4 is 9.62 Å². The Morgan fingerprint density at radius 1 is 1.08 bits per heavy atom. The Bertz CT molecular complexity index is 916. The number of carbonyl (C=O) groups excluding carboxylic acids is 1. The first kappa shape index (κ1) is 18.2. The zero-order chi connectivity index (χ0) is 18.0. The fourth-order valence-electron chi connectivity index (χ4n) is 2.77. The van der Waals surface area contributed by atoms with Crippen molar-refractivity contribution < 1.29 is 13.2 Å². The number of sulfonamides is 1. The summed E-state index contributed by atoms with van der Waals surface area (Å²) in [7, 11) is -3.54. The third-order valence-corrected chi connectivity index (χ3v) is 6.02. The highest BCUT2D eigenvalue weighted by Crippen LogP contribution is 2.28. The number of nitrogens with zero attached hydrogens (tertiary/aromatic N) is 1. The summed E-state index contributed by atoms with van der Waals surface area (Å²) < 4.78 is 26.9. The molecule has 132 valence electrons. The summed E-state index contributed by atoms with van der Waals surface area (Å²) in [6, 6.07) is 12.2. The second-order valence-corrected chi connectivity index (χ2v) is 8.37. The third kappa shape index (κ3) is 4.33. The average Bonchev–Trinajstić information content (AvgIpc) is 2.86. The molecule has 1 aliphatic rings. The van der Waals surface area contributed by atoms with Crippen LogP contribution >= 0.6 is 23.2 Å². The molecule has 0 aromatic heterocycles. The molecule has 0 radical (unpaired) electrons. The molecule has 2 aromatic carbocycles. The topological polar surface area (TPSA) is 66.5 Å². The summed E-state index contributed by atoms with van der Waals surface area (Å²) in [6.07, 6.45) is 0.353. The highest BCUT2D eigenvalue weighted by atomic mass is 35.5. The lowest BCUT2D eigenvalue weighted by Crippen LogP contribution is -2.37. The predicted molar refractivity (Wildman–Crippen MR) is 99.6 cm³/mol. The van der Waals surface area contributed by atoms with Gasteiger partial charge in [-0.25, -0.2) is 13.1 Å². The third-order valence-electron chi connectivity index (χ3n) is 3.92. The van der Waals surface area contributed by atoms with Gasteiger partial charge in [-0.1, -0.05) is 47.5 Å². The van der Waals surface area contributed by atoms with Gasteiger partial charge in [0.1, 0.15) is 0 Å². The Labute approximate surface area is 156 Å². The summed E-state index contributed by atoms with van der Waals surface area (Å²) in [5, 5.41) is 0.690. The number of para-hydroxylation sites is 1. The largest absolute Gasteiger partial charge is 0.311 e. The van der Waals surface area contributed by atoms with Crippen LogP contribution in [-0.4, -0.2) is 27.4 Å². The molecule has 0 atom stereocenters. The number of halogens is 2. The van der Waals surface area contributed by atoms with Gasteiger partial charge in [0.2, 0.25) is 15.9 Å². The Morgan fingerprint density at radius 3 is 2.60 bits per heavy atom. The van der Waals surface area contributed by atoms with E-state index in [1.165, 1.54) is 6.07 Å². The minimum absolute atomic E-state index is 0.0233. The number of anilines is 1. The van der Waals surface area contributed by atoms with E-state index in [0.717, 1.165) is 11.3 Å². The summed E-state index contributed by atoms with van der Waals surface area (Å²) in [5.74, 6) is -0.223. The molecule has 1 heterocycles. The minimum atomic E-state index is -3.54. The van der Waals surface area contributed by atoms with Gasteiger partial charge >= 0.3 is 0 Å².